The van der Waals surface area contributed by atoms with Gasteiger partial charge in [-0.15, -0.1) is 11.8 Å². The van der Waals surface area contributed by atoms with Gasteiger partial charge >= 0.3 is 5.97 Å². The van der Waals surface area contributed by atoms with Crippen LogP contribution in [-0.2, 0) is 26.0 Å². The normalized spacial score (nSPS) is 19.1. The maximum absolute atomic E-state index is 14.0. The fraction of sp³-hybridized carbons (Fsp3) is 0.406. The van der Waals surface area contributed by atoms with E-state index < -0.39 is 33.3 Å². The topological polar surface area (TPSA) is 125 Å². The number of halogens is 2. The van der Waals surface area contributed by atoms with Gasteiger partial charge in [0.05, 0.1) is 22.1 Å². The molecule has 47 heavy (non-hydrogen) atoms. The van der Waals surface area contributed by atoms with Gasteiger partial charge in [0.15, 0.2) is 16.9 Å². The van der Waals surface area contributed by atoms with E-state index in [-0.39, 0.29) is 39.4 Å². The smallest absolute Gasteiger partial charge is 0.335 e. The number of ether oxygens (including phenoxy) is 4. The van der Waals surface area contributed by atoms with Gasteiger partial charge in [0, 0.05) is 69.2 Å². The Morgan fingerprint density at radius 2 is 1.81 bits per heavy atom. The SMILES string of the molecule is COc1ccc(C(Cc2c(Cl)cncc2Cl)OC(=O)[C@@H]2SCCN2S(=O)(=O)c2cccc(C(=O)N(C)C)c2)c2c1OC1(CCCC1)O2. The summed E-state index contributed by atoms with van der Waals surface area (Å²) in [5.41, 5.74) is 1.20. The Morgan fingerprint density at radius 3 is 2.49 bits per heavy atom. The largest absolute Gasteiger partial charge is 0.493 e. The zero-order chi connectivity index (χ0) is 33.5. The van der Waals surface area contributed by atoms with E-state index in [1.165, 1.54) is 42.6 Å². The van der Waals surface area contributed by atoms with Gasteiger partial charge in [-0.2, -0.15) is 4.31 Å². The Hall–Kier alpha value is -3.23. The molecule has 1 aliphatic carbocycles. The van der Waals surface area contributed by atoms with Crippen LogP contribution >= 0.6 is 35.0 Å². The number of carbonyl (C=O) groups is 2. The lowest BCUT2D eigenvalue weighted by atomic mass is 10.00. The lowest BCUT2D eigenvalue weighted by Gasteiger charge is -2.26. The van der Waals surface area contributed by atoms with Crippen LogP contribution in [0, 0.1) is 0 Å². The lowest BCUT2D eigenvalue weighted by Crippen LogP contribution is -2.41. The summed E-state index contributed by atoms with van der Waals surface area (Å²) in [4.78, 5) is 31.9. The molecule has 3 heterocycles. The van der Waals surface area contributed by atoms with E-state index in [1.807, 2.05) is 0 Å². The fourth-order valence-electron chi connectivity index (χ4n) is 5.99. The summed E-state index contributed by atoms with van der Waals surface area (Å²) >= 11 is 14.2. The molecule has 250 valence electrons. The van der Waals surface area contributed by atoms with Crippen molar-refractivity contribution in [2.24, 2.45) is 0 Å². The Labute approximate surface area is 287 Å². The standard InChI is InChI=1S/C32H33Cl2N3O8S2/c1-36(2)29(38)19-7-6-8-20(15-19)47(40,41)37-13-14-46-30(37)31(39)43-26(16-22-23(33)17-35-18-24(22)34)21-9-10-25(42-3)28-27(21)44-32(45-28)11-4-5-12-32/h6-10,15,17-18,26,30H,4-5,11-14,16H2,1-3H3/t26?,30-/m0/s1. The van der Waals surface area contributed by atoms with Crippen molar-refractivity contribution in [3.8, 4) is 17.2 Å². The highest BCUT2D eigenvalue weighted by Crippen LogP contribution is 2.54. The first-order valence-corrected chi connectivity index (χ1v) is 18.2. The number of aromatic nitrogens is 1. The summed E-state index contributed by atoms with van der Waals surface area (Å²) in [5, 5.41) is -0.636. The Balaban J connectivity index is 1.35. The minimum Gasteiger partial charge on any atom is -0.493 e. The monoisotopic (exact) mass is 721 g/mol. The zero-order valence-electron chi connectivity index (χ0n) is 25.9. The minimum absolute atomic E-state index is 0.0416. The molecule has 2 atom stereocenters. The molecular formula is C32H33Cl2N3O8S2. The van der Waals surface area contributed by atoms with Crippen molar-refractivity contribution in [1.29, 1.82) is 0 Å². The van der Waals surface area contributed by atoms with Crippen LogP contribution in [0.15, 0.2) is 53.7 Å². The van der Waals surface area contributed by atoms with Gasteiger partial charge < -0.3 is 23.8 Å². The molecule has 0 radical (unpaired) electrons. The number of fused-ring (bicyclic) bond motifs is 1. The summed E-state index contributed by atoms with van der Waals surface area (Å²) in [6.07, 6.45) is 5.16. The van der Waals surface area contributed by atoms with E-state index in [9.17, 15) is 18.0 Å². The van der Waals surface area contributed by atoms with Crippen LogP contribution in [0.2, 0.25) is 10.0 Å². The Bertz CT molecular complexity index is 1800. The number of methoxy groups -OCH3 is 1. The van der Waals surface area contributed by atoms with Gasteiger partial charge in [-0.1, -0.05) is 29.3 Å². The number of thioether (sulfide) groups is 1. The van der Waals surface area contributed by atoms with Gasteiger partial charge in [0.25, 0.3) is 11.7 Å². The number of hydrogen-bond donors (Lipinski definition) is 0. The van der Waals surface area contributed by atoms with E-state index in [4.69, 9.17) is 42.1 Å². The third-order valence-electron chi connectivity index (χ3n) is 8.36. The predicted molar refractivity (Wildman–Crippen MR) is 177 cm³/mol. The molecule has 1 unspecified atom stereocenters. The lowest BCUT2D eigenvalue weighted by molar-refractivity contribution is -0.150. The number of sulfonamides is 1. The van der Waals surface area contributed by atoms with Crippen LogP contribution < -0.4 is 14.2 Å². The van der Waals surface area contributed by atoms with Gasteiger partial charge in [0.2, 0.25) is 15.8 Å². The minimum atomic E-state index is -4.19. The number of hydrogen-bond acceptors (Lipinski definition) is 10. The van der Waals surface area contributed by atoms with Crippen LogP contribution in [0.3, 0.4) is 0 Å². The van der Waals surface area contributed by atoms with Gasteiger partial charge in [-0.3, -0.25) is 9.78 Å². The molecule has 15 heteroatoms. The van der Waals surface area contributed by atoms with Crippen LogP contribution in [0.25, 0.3) is 0 Å². The molecule has 1 spiro atoms. The van der Waals surface area contributed by atoms with Gasteiger partial charge in [-0.25, -0.2) is 13.2 Å². The van der Waals surface area contributed by atoms with Crippen molar-refractivity contribution in [3.63, 3.8) is 0 Å². The average Bonchev–Trinajstić information content (AvgIpc) is 3.82. The van der Waals surface area contributed by atoms with Crippen LogP contribution in [-0.4, -0.2) is 79.1 Å². The first-order valence-electron chi connectivity index (χ1n) is 15.0. The molecule has 0 N–H and O–H groups in total. The molecule has 2 aliphatic heterocycles. The van der Waals surface area contributed by atoms with E-state index in [1.54, 1.807) is 32.3 Å². The molecule has 1 amide bonds. The highest BCUT2D eigenvalue weighted by molar-refractivity contribution is 8.02. The molecule has 2 fully saturated rings. The molecule has 1 saturated carbocycles. The second-order valence-electron chi connectivity index (χ2n) is 11.6. The molecule has 6 rings (SSSR count). The number of carbonyl (C=O) groups excluding carboxylic acids is 2. The predicted octanol–water partition coefficient (Wildman–Crippen LogP) is 5.73. The fourth-order valence-corrected chi connectivity index (χ4v) is 9.60. The number of rotatable bonds is 9. The highest BCUT2D eigenvalue weighted by Gasteiger charge is 2.48. The number of esters is 1. The van der Waals surface area contributed by atoms with Crippen molar-refractivity contribution >= 4 is 56.9 Å². The number of amides is 1. The molecule has 1 aromatic heterocycles. The Kier molecular flexibility index (Phi) is 9.56. The summed E-state index contributed by atoms with van der Waals surface area (Å²) in [6, 6.07) is 9.21. The third-order valence-corrected chi connectivity index (χ3v) is 12.2. The zero-order valence-corrected chi connectivity index (χ0v) is 29.0. The van der Waals surface area contributed by atoms with E-state index in [0.717, 1.165) is 28.9 Å². The second-order valence-corrected chi connectivity index (χ2v) is 15.5. The molecule has 1 saturated heterocycles. The number of benzene rings is 2. The van der Waals surface area contributed by atoms with Crippen molar-refractivity contribution in [1.82, 2.24) is 14.2 Å². The molecular weight excluding hydrogens is 689 g/mol. The number of nitrogens with zero attached hydrogens (tertiary/aromatic N) is 3. The summed E-state index contributed by atoms with van der Waals surface area (Å²) in [5.74, 6) is -0.344. The quantitative estimate of drug-likeness (QED) is 0.253. The van der Waals surface area contributed by atoms with Gasteiger partial charge in [-0.05, 0) is 48.7 Å². The summed E-state index contributed by atoms with van der Waals surface area (Å²) < 4.78 is 53.5. The third kappa shape index (κ3) is 6.48. The first-order chi connectivity index (χ1) is 22.4. The summed E-state index contributed by atoms with van der Waals surface area (Å²) in [6.45, 7) is 0.0721. The van der Waals surface area contributed by atoms with Crippen molar-refractivity contribution in [2.75, 3.05) is 33.5 Å². The van der Waals surface area contributed by atoms with E-state index in [0.29, 0.717) is 47.0 Å². The van der Waals surface area contributed by atoms with Crippen LogP contribution in [0.5, 0.6) is 17.2 Å². The highest BCUT2D eigenvalue weighted by atomic mass is 35.5. The molecule has 11 nitrogen and oxygen atoms in total. The maximum atomic E-state index is 14.0. The summed E-state index contributed by atoms with van der Waals surface area (Å²) in [7, 11) is 0.504. The first kappa shape index (κ1) is 33.7. The second kappa shape index (κ2) is 13.3. The molecule has 3 aliphatic rings. The van der Waals surface area contributed by atoms with Crippen molar-refractivity contribution in [2.45, 2.75) is 54.3 Å². The van der Waals surface area contributed by atoms with Gasteiger partial charge in [0.1, 0.15) is 6.10 Å². The molecule has 2 aromatic carbocycles. The van der Waals surface area contributed by atoms with Crippen LogP contribution in [0.1, 0.15) is 53.3 Å². The average molecular weight is 723 g/mol. The Morgan fingerprint density at radius 1 is 1.11 bits per heavy atom. The number of pyridine rings is 1. The van der Waals surface area contributed by atoms with Crippen LogP contribution in [0.4, 0.5) is 0 Å². The van der Waals surface area contributed by atoms with E-state index >= 15 is 0 Å². The van der Waals surface area contributed by atoms with Crippen molar-refractivity contribution in [3.05, 3.63) is 75.5 Å². The molecule has 0 bridgehead atoms. The van der Waals surface area contributed by atoms with Crippen molar-refractivity contribution < 1.29 is 37.0 Å². The molecule has 3 aromatic rings. The maximum Gasteiger partial charge on any atom is 0.335 e. The van der Waals surface area contributed by atoms with E-state index in [2.05, 4.69) is 4.98 Å².